The predicted molar refractivity (Wildman–Crippen MR) is 323 cm³/mol. The normalized spacial score (nSPS) is 17.7. The number of thiophene rings is 1. The molecule has 10 aromatic rings. The third kappa shape index (κ3) is 6.91. The highest BCUT2D eigenvalue weighted by atomic mass is 32.1. The van der Waals surface area contributed by atoms with E-state index in [4.69, 9.17) is 4.42 Å². The maximum absolute atomic E-state index is 7.80. The van der Waals surface area contributed by atoms with Crippen molar-refractivity contribution in [3.63, 3.8) is 0 Å². The fraction of sp³-hybridized carbons (Fsp3) is 0.286. The molecule has 0 saturated carbocycles. The minimum Gasteiger partial charge on any atom is -0.440 e. The van der Waals surface area contributed by atoms with Gasteiger partial charge in [0.2, 0.25) is 5.88 Å². The largest absolute Gasteiger partial charge is 0.440 e. The molecule has 5 heteroatoms. The second-order valence-electron chi connectivity index (χ2n) is 26.2. The van der Waals surface area contributed by atoms with Crippen molar-refractivity contribution >= 4 is 88.9 Å². The first-order valence-electron chi connectivity index (χ1n) is 27.5. The molecule has 75 heavy (non-hydrogen) atoms. The molecule has 2 aliphatic carbocycles. The number of benzene rings is 8. The van der Waals surface area contributed by atoms with Crippen molar-refractivity contribution in [2.45, 2.75) is 129 Å². The van der Waals surface area contributed by atoms with Crippen molar-refractivity contribution in [1.29, 1.82) is 0 Å². The molecule has 0 radical (unpaired) electrons. The first-order chi connectivity index (χ1) is 35.8. The van der Waals surface area contributed by atoms with Crippen molar-refractivity contribution in [3.05, 3.63) is 186 Å². The van der Waals surface area contributed by atoms with Crippen LogP contribution in [0.15, 0.2) is 162 Å². The number of fused-ring (bicyclic) bond motifs is 12. The molecule has 4 aliphatic rings. The smallest absolute Gasteiger partial charge is 0.337 e. The highest BCUT2D eigenvalue weighted by molar-refractivity contribution is 7.26. The minimum atomic E-state index is -0.231. The van der Waals surface area contributed by atoms with Crippen LogP contribution < -0.4 is 20.6 Å². The van der Waals surface area contributed by atoms with Gasteiger partial charge in [-0.3, -0.25) is 4.90 Å². The molecule has 0 atom stereocenters. The summed E-state index contributed by atoms with van der Waals surface area (Å²) in [5, 5.41) is 3.85. The van der Waals surface area contributed by atoms with Crippen LogP contribution in [0, 0.1) is 0 Å². The van der Waals surface area contributed by atoms with Gasteiger partial charge in [0, 0.05) is 59.2 Å². The van der Waals surface area contributed by atoms with E-state index in [0.29, 0.717) is 0 Å². The molecular formula is C70H67BN2OS. The van der Waals surface area contributed by atoms with E-state index in [1.54, 1.807) is 0 Å². The van der Waals surface area contributed by atoms with E-state index in [2.05, 4.69) is 244 Å². The maximum atomic E-state index is 7.80. The number of nitrogens with zero attached hydrogens (tertiary/aromatic N) is 2. The predicted octanol–water partition coefficient (Wildman–Crippen LogP) is 18.8. The summed E-state index contributed by atoms with van der Waals surface area (Å²) in [6.07, 6.45) is 4.59. The Bertz CT molecular complexity index is 4010. The van der Waals surface area contributed by atoms with Gasteiger partial charge >= 0.3 is 6.85 Å². The fourth-order valence-corrected chi connectivity index (χ4v) is 15.1. The van der Waals surface area contributed by atoms with Gasteiger partial charge < -0.3 is 9.23 Å². The number of rotatable bonds is 4. The first-order valence-corrected chi connectivity index (χ1v) is 28.3. The summed E-state index contributed by atoms with van der Waals surface area (Å²) in [7, 11) is 0. The van der Waals surface area contributed by atoms with Gasteiger partial charge in [-0.2, -0.15) is 0 Å². The summed E-state index contributed by atoms with van der Waals surface area (Å²) >= 11 is 1.91. The molecule has 0 N–H and O–H groups in total. The van der Waals surface area contributed by atoms with E-state index in [1.165, 1.54) is 121 Å². The molecule has 2 aromatic heterocycles. The van der Waals surface area contributed by atoms with Gasteiger partial charge in [-0.15, -0.1) is 11.3 Å². The molecule has 2 aliphatic heterocycles. The van der Waals surface area contributed by atoms with Crippen LogP contribution in [0.1, 0.15) is 130 Å². The standard InChI is InChI=1S/C70H67BN2OS/c1-66(2,3)45-27-31-55(48(37-45)43-22-16-13-17-23-43)72-57-41-60-61(47-24-18-19-25-59(47)75-60)62-49-36-44(42-20-14-12-15-21-42)26-30-56(49)73(46-28-29-51-52(38-46)68(6,7)33-32-67(51,4)5)71(64(57)62)63-50-39-53-54(40-58(50)74-65(63)72)70(10,11)35-34-69(53,8)9/h12-31,36-41H,32-35H2,1-11H3. The third-order valence-corrected chi connectivity index (χ3v) is 19.7. The Balaban J connectivity index is 1.18. The zero-order valence-electron chi connectivity index (χ0n) is 45.6. The van der Waals surface area contributed by atoms with Crippen molar-refractivity contribution in [2.24, 2.45) is 0 Å². The van der Waals surface area contributed by atoms with Crippen LogP contribution in [0.4, 0.5) is 28.6 Å². The van der Waals surface area contributed by atoms with E-state index in [9.17, 15) is 0 Å². The van der Waals surface area contributed by atoms with E-state index in [1.807, 2.05) is 11.3 Å². The molecule has 8 aromatic carbocycles. The Morgan fingerprint density at radius 3 is 1.79 bits per heavy atom. The zero-order chi connectivity index (χ0) is 51.7. The Morgan fingerprint density at radius 1 is 0.480 bits per heavy atom. The van der Waals surface area contributed by atoms with Crippen LogP contribution in [0.25, 0.3) is 64.5 Å². The molecular weight excluding hydrogens is 928 g/mol. The van der Waals surface area contributed by atoms with Crippen LogP contribution in [0.2, 0.25) is 0 Å². The molecule has 0 saturated heterocycles. The summed E-state index contributed by atoms with van der Waals surface area (Å²) in [5.41, 5.74) is 22.8. The lowest BCUT2D eigenvalue weighted by atomic mass is 9.43. The van der Waals surface area contributed by atoms with Gasteiger partial charge in [-0.1, -0.05) is 173 Å². The monoisotopic (exact) mass is 995 g/mol. The van der Waals surface area contributed by atoms with Gasteiger partial charge in [0.15, 0.2) is 0 Å². The lowest BCUT2D eigenvalue weighted by Crippen LogP contribution is -2.61. The van der Waals surface area contributed by atoms with Gasteiger partial charge in [-0.05, 0) is 169 Å². The molecule has 0 spiro atoms. The molecule has 0 bridgehead atoms. The van der Waals surface area contributed by atoms with E-state index >= 15 is 0 Å². The summed E-state index contributed by atoms with van der Waals surface area (Å²) < 4.78 is 10.4. The lowest BCUT2D eigenvalue weighted by Gasteiger charge is -2.46. The highest BCUT2D eigenvalue weighted by Gasteiger charge is 2.51. The van der Waals surface area contributed by atoms with Crippen LogP contribution in [0.3, 0.4) is 0 Å². The quantitative estimate of drug-likeness (QED) is 0.164. The second kappa shape index (κ2) is 15.9. The van der Waals surface area contributed by atoms with Crippen molar-refractivity contribution in [3.8, 4) is 33.4 Å². The average Bonchev–Trinajstić information content (AvgIpc) is 4.03. The highest BCUT2D eigenvalue weighted by Crippen LogP contribution is 2.57. The zero-order valence-corrected chi connectivity index (χ0v) is 46.4. The molecule has 0 unspecified atom stereocenters. The topological polar surface area (TPSA) is 19.6 Å². The van der Waals surface area contributed by atoms with Gasteiger partial charge in [0.05, 0.1) is 5.69 Å². The Kier molecular flexibility index (Phi) is 9.88. The SMILES string of the molecule is CC(C)(C)c1ccc(N2c3cc4sc5ccccc5c4c4c3B(c3c2oc2cc5c(cc32)C(C)(C)CCC5(C)C)N(c2ccc3c(c2)C(C)(C)CCC3(C)C)c2ccc(-c3ccccc3)cc2-4)c(-c2ccccc2)c1. The van der Waals surface area contributed by atoms with Crippen molar-refractivity contribution in [1.82, 2.24) is 0 Å². The van der Waals surface area contributed by atoms with Crippen molar-refractivity contribution < 1.29 is 4.42 Å². The van der Waals surface area contributed by atoms with Crippen LogP contribution in [0.5, 0.6) is 0 Å². The molecule has 14 rings (SSSR count). The van der Waals surface area contributed by atoms with E-state index in [-0.39, 0.29) is 33.9 Å². The van der Waals surface area contributed by atoms with Gasteiger partial charge in [-0.25, -0.2) is 0 Å². The Hall–Kier alpha value is -6.82. The lowest BCUT2D eigenvalue weighted by molar-refractivity contribution is 0.332. The van der Waals surface area contributed by atoms with Crippen LogP contribution in [-0.2, 0) is 27.1 Å². The molecule has 3 nitrogen and oxygen atoms in total. The Labute approximate surface area is 448 Å². The fourth-order valence-electron chi connectivity index (χ4n) is 13.9. The Morgan fingerprint density at radius 2 is 1.09 bits per heavy atom. The van der Waals surface area contributed by atoms with Gasteiger partial charge in [0.1, 0.15) is 5.58 Å². The summed E-state index contributed by atoms with van der Waals surface area (Å²) in [5.74, 6) is 0.904. The minimum absolute atomic E-state index is 0.00475. The first kappa shape index (κ1) is 46.7. The molecule has 372 valence electrons. The average molecular weight is 995 g/mol. The second-order valence-corrected chi connectivity index (χ2v) is 27.3. The maximum Gasteiger partial charge on any atom is 0.337 e. The third-order valence-electron chi connectivity index (χ3n) is 18.6. The number of hydrogen-bond donors (Lipinski definition) is 0. The molecule has 0 fully saturated rings. The van der Waals surface area contributed by atoms with Gasteiger partial charge in [0.25, 0.3) is 0 Å². The molecule has 4 heterocycles. The van der Waals surface area contributed by atoms with Crippen LogP contribution in [-0.4, -0.2) is 6.85 Å². The number of furan rings is 1. The summed E-state index contributed by atoms with van der Waals surface area (Å²) in [4.78, 5) is 5.30. The van der Waals surface area contributed by atoms with Crippen LogP contribution >= 0.6 is 11.3 Å². The number of hydrogen-bond acceptors (Lipinski definition) is 4. The van der Waals surface area contributed by atoms with E-state index < -0.39 is 0 Å². The summed E-state index contributed by atoms with van der Waals surface area (Å²) in [6.45, 7) is 26.4. The summed E-state index contributed by atoms with van der Waals surface area (Å²) in [6, 6.07) is 60.8. The molecule has 0 amide bonds. The van der Waals surface area contributed by atoms with Crippen molar-refractivity contribution in [2.75, 3.05) is 9.71 Å². The van der Waals surface area contributed by atoms with E-state index in [0.717, 1.165) is 36.4 Å². The number of anilines is 5.